The third-order valence-electron chi connectivity index (χ3n) is 6.65. The fourth-order valence-electron chi connectivity index (χ4n) is 4.99. The molecule has 172 valence electrons. The summed E-state index contributed by atoms with van der Waals surface area (Å²) in [5.41, 5.74) is 6.53. The lowest BCUT2D eigenvalue weighted by atomic mass is 9.86. The van der Waals surface area contributed by atoms with Crippen LogP contribution in [0.25, 0.3) is 28.2 Å². The van der Waals surface area contributed by atoms with Gasteiger partial charge in [-0.3, -0.25) is 0 Å². The molecule has 0 saturated heterocycles. The molecular formula is C28H31NO4. The maximum absolute atomic E-state index is 12.7. The second kappa shape index (κ2) is 9.65. The van der Waals surface area contributed by atoms with Crippen molar-refractivity contribution in [3.8, 4) is 11.3 Å². The van der Waals surface area contributed by atoms with E-state index in [-0.39, 0.29) is 11.9 Å². The number of hydrogen-bond donors (Lipinski definition) is 0. The number of benzene rings is 2. The number of ether oxygens (including phenoxy) is 2. The number of carbonyl (C=O) groups is 2. The first kappa shape index (κ1) is 22.8. The van der Waals surface area contributed by atoms with Crippen molar-refractivity contribution >= 4 is 28.9 Å². The maximum atomic E-state index is 12.7. The molecule has 0 bridgehead atoms. The molecule has 33 heavy (non-hydrogen) atoms. The summed E-state index contributed by atoms with van der Waals surface area (Å²) in [6.07, 6.45) is 6.34. The van der Waals surface area contributed by atoms with Gasteiger partial charge in [-0.25, -0.2) is 9.59 Å². The largest absolute Gasteiger partial charge is 0.466 e. The molecular weight excluding hydrogens is 414 g/mol. The molecule has 3 aromatic rings. The van der Waals surface area contributed by atoms with Crippen molar-refractivity contribution in [3.63, 3.8) is 0 Å². The van der Waals surface area contributed by atoms with Crippen LogP contribution in [0.4, 0.5) is 0 Å². The Bertz CT molecular complexity index is 1230. The van der Waals surface area contributed by atoms with Crippen molar-refractivity contribution in [2.24, 2.45) is 0 Å². The molecule has 0 saturated carbocycles. The van der Waals surface area contributed by atoms with Gasteiger partial charge < -0.3 is 14.0 Å². The molecule has 1 aromatic heterocycles. The number of fused-ring (bicyclic) bond motifs is 5. The lowest BCUT2D eigenvalue weighted by Gasteiger charge is -2.19. The van der Waals surface area contributed by atoms with E-state index in [4.69, 9.17) is 9.47 Å². The Kier molecular flexibility index (Phi) is 6.68. The number of unbranched alkanes of at least 4 members (excludes halogenated alkanes) is 1. The highest BCUT2D eigenvalue weighted by molar-refractivity contribution is 6.02. The molecule has 1 unspecified atom stereocenters. The molecule has 4 rings (SSSR count). The van der Waals surface area contributed by atoms with Gasteiger partial charge in [0.25, 0.3) is 0 Å². The average Bonchev–Trinajstić information content (AvgIpc) is 3.05. The molecule has 2 aromatic carbocycles. The van der Waals surface area contributed by atoms with Gasteiger partial charge in [0.1, 0.15) is 0 Å². The molecule has 1 aliphatic heterocycles. The summed E-state index contributed by atoms with van der Waals surface area (Å²) >= 11 is 0. The van der Waals surface area contributed by atoms with Gasteiger partial charge in [-0.2, -0.15) is 0 Å². The van der Waals surface area contributed by atoms with Crippen LogP contribution in [0.15, 0.2) is 48.0 Å². The SMILES string of the molecule is CCCCC(CC)c1c2n(c3cc(C(=O)OC)ccc13)CC(C(=O)OC)=Cc1ccccc1-2. The highest BCUT2D eigenvalue weighted by Gasteiger charge is 2.29. The van der Waals surface area contributed by atoms with E-state index in [1.54, 1.807) is 0 Å². The lowest BCUT2D eigenvalue weighted by Crippen LogP contribution is -2.11. The predicted molar refractivity (Wildman–Crippen MR) is 131 cm³/mol. The van der Waals surface area contributed by atoms with E-state index < -0.39 is 0 Å². The van der Waals surface area contributed by atoms with E-state index in [0.29, 0.717) is 23.6 Å². The van der Waals surface area contributed by atoms with Gasteiger partial charge in [-0.1, -0.05) is 57.0 Å². The third kappa shape index (κ3) is 4.08. The Morgan fingerprint density at radius 3 is 2.48 bits per heavy atom. The van der Waals surface area contributed by atoms with Gasteiger partial charge in [0.15, 0.2) is 0 Å². The van der Waals surface area contributed by atoms with E-state index in [2.05, 4.69) is 24.5 Å². The molecule has 0 spiro atoms. The molecule has 0 fully saturated rings. The van der Waals surface area contributed by atoms with Gasteiger partial charge in [0.2, 0.25) is 0 Å². The number of esters is 2. The van der Waals surface area contributed by atoms with Gasteiger partial charge in [0.05, 0.1) is 37.6 Å². The summed E-state index contributed by atoms with van der Waals surface area (Å²) in [6, 6.07) is 14.0. The summed E-state index contributed by atoms with van der Waals surface area (Å²) in [5, 5.41) is 1.13. The standard InChI is InChI=1S/C28H31NO4/c1-5-7-10-18(6-2)25-23-14-13-20(27(30)32-3)16-24(23)29-17-21(28(31)33-4)15-19-11-8-9-12-22(19)26(25)29/h8-9,11-16,18H,5-7,10,17H2,1-4H3. The molecule has 2 heterocycles. The number of nitrogens with zero attached hydrogens (tertiary/aromatic N) is 1. The van der Waals surface area contributed by atoms with Crippen LogP contribution in [0.5, 0.6) is 0 Å². The first-order chi connectivity index (χ1) is 16.0. The quantitative estimate of drug-likeness (QED) is 0.398. The molecule has 0 N–H and O–H groups in total. The zero-order chi connectivity index (χ0) is 23.5. The van der Waals surface area contributed by atoms with Crippen molar-refractivity contribution < 1.29 is 19.1 Å². The first-order valence-corrected chi connectivity index (χ1v) is 11.7. The predicted octanol–water partition coefficient (Wildman–Crippen LogP) is 6.35. The highest BCUT2D eigenvalue weighted by Crippen LogP contribution is 2.44. The molecule has 0 aliphatic carbocycles. The number of methoxy groups -OCH3 is 2. The smallest absolute Gasteiger partial charge is 0.337 e. The molecule has 5 nitrogen and oxygen atoms in total. The van der Waals surface area contributed by atoms with Crippen LogP contribution < -0.4 is 0 Å². The normalized spacial score (nSPS) is 13.5. The molecule has 1 atom stereocenters. The maximum Gasteiger partial charge on any atom is 0.337 e. The topological polar surface area (TPSA) is 57.5 Å². The van der Waals surface area contributed by atoms with Gasteiger partial charge in [-0.05, 0) is 48.1 Å². The minimum absolute atomic E-state index is 0.344. The first-order valence-electron chi connectivity index (χ1n) is 11.7. The van der Waals surface area contributed by atoms with E-state index >= 15 is 0 Å². The Morgan fingerprint density at radius 1 is 1.03 bits per heavy atom. The minimum Gasteiger partial charge on any atom is -0.466 e. The fourth-order valence-corrected chi connectivity index (χ4v) is 4.99. The van der Waals surface area contributed by atoms with Crippen molar-refractivity contribution in [1.82, 2.24) is 4.57 Å². The van der Waals surface area contributed by atoms with Gasteiger partial charge in [0, 0.05) is 16.5 Å². The zero-order valence-electron chi connectivity index (χ0n) is 19.8. The number of aromatic nitrogens is 1. The van der Waals surface area contributed by atoms with Crippen LogP contribution in [0, 0.1) is 0 Å². The van der Waals surface area contributed by atoms with E-state index in [1.807, 2.05) is 42.5 Å². The second-order valence-corrected chi connectivity index (χ2v) is 8.57. The molecule has 0 radical (unpaired) electrons. The highest BCUT2D eigenvalue weighted by atomic mass is 16.5. The Hall–Kier alpha value is -3.34. The third-order valence-corrected chi connectivity index (χ3v) is 6.65. The van der Waals surface area contributed by atoms with Crippen molar-refractivity contribution in [1.29, 1.82) is 0 Å². The molecule has 1 aliphatic rings. The van der Waals surface area contributed by atoms with Crippen molar-refractivity contribution in [2.75, 3.05) is 14.2 Å². The molecule has 0 amide bonds. The lowest BCUT2D eigenvalue weighted by molar-refractivity contribution is -0.136. The number of rotatable bonds is 7. The van der Waals surface area contributed by atoms with E-state index in [9.17, 15) is 9.59 Å². The van der Waals surface area contributed by atoms with Crippen LogP contribution in [0.1, 0.15) is 66.9 Å². The van der Waals surface area contributed by atoms with Crippen LogP contribution in [0.3, 0.4) is 0 Å². The van der Waals surface area contributed by atoms with Crippen LogP contribution in [0.2, 0.25) is 0 Å². The Morgan fingerprint density at radius 2 is 1.79 bits per heavy atom. The molecule has 5 heteroatoms. The van der Waals surface area contributed by atoms with Crippen LogP contribution in [-0.4, -0.2) is 30.7 Å². The number of hydrogen-bond acceptors (Lipinski definition) is 4. The van der Waals surface area contributed by atoms with Crippen molar-refractivity contribution in [2.45, 2.75) is 52.0 Å². The summed E-state index contributed by atoms with van der Waals surface area (Å²) in [4.78, 5) is 25.0. The van der Waals surface area contributed by atoms with Gasteiger partial charge in [-0.15, -0.1) is 0 Å². The summed E-state index contributed by atoms with van der Waals surface area (Å²) in [5.74, 6) is -0.339. The Balaban J connectivity index is 2.08. The van der Waals surface area contributed by atoms with Gasteiger partial charge >= 0.3 is 11.9 Å². The van der Waals surface area contributed by atoms with E-state index in [1.165, 1.54) is 19.8 Å². The average molecular weight is 446 g/mol. The summed E-state index contributed by atoms with van der Waals surface area (Å²) in [7, 11) is 2.80. The fraction of sp³-hybridized carbons (Fsp3) is 0.357. The number of carbonyl (C=O) groups excluding carboxylic acids is 2. The van der Waals surface area contributed by atoms with Crippen LogP contribution >= 0.6 is 0 Å². The minimum atomic E-state index is -0.371. The Labute approximate surface area is 195 Å². The monoisotopic (exact) mass is 445 g/mol. The zero-order valence-corrected chi connectivity index (χ0v) is 19.8. The summed E-state index contributed by atoms with van der Waals surface area (Å²) in [6.45, 7) is 4.83. The second-order valence-electron chi connectivity index (χ2n) is 8.57. The summed E-state index contributed by atoms with van der Waals surface area (Å²) < 4.78 is 12.3. The van der Waals surface area contributed by atoms with Crippen molar-refractivity contribution in [3.05, 3.63) is 64.7 Å². The van der Waals surface area contributed by atoms with Crippen LogP contribution in [-0.2, 0) is 20.8 Å². The van der Waals surface area contributed by atoms with E-state index in [0.717, 1.165) is 53.4 Å².